The second kappa shape index (κ2) is 7.40. The van der Waals surface area contributed by atoms with Crippen molar-refractivity contribution in [3.63, 3.8) is 0 Å². The van der Waals surface area contributed by atoms with Crippen LogP contribution in [0.25, 0.3) is 0 Å². The Bertz CT molecular complexity index is 782. The van der Waals surface area contributed by atoms with Crippen LogP contribution in [0, 0.1) is 6.92 Å². The molecule has 0 aliphatic rings. The van der Waals surface area contributed by atoms with Gasteiger partial charge in [0.15, 0.2) is 0 Å². The van der Waals surface area contributed by atoms with Gasteiger partial charge in [0.1, 0.15) is 5.69 Å². The zero-order valence-corrected chi connectivity index (χ0v) is 13.7. The number of rotatable bonds is 5. The van der Waals surface area contributed by atoms with E-state index in [-0.39, 0.29) is 18.4 Å². The number of aromatic nitrogens is 2. The van der Waals surface area contributed by atoms with Crippen LogP contribution in [-0.4, -0.2) is 41.1 Å². The highest BCUT2D eigenvalue weighted by Gasteiger charge is 2.13. The maximum Gasteiger partial charge on any atom is 0.269 e. The fraction of sp³-hybridized carbons (Fsp3) is 0.250. The number of hydrogen-bond acceptors (Lipinski definition) is 4. The molecule has 3 amide bonds. The van der Waals surface area contributed by atoms with Gasteiger partial charge in [-0.2, -0.15) is 5.10 Å². The first-order valence-corrected chi connectivity index (χ1v) is 7.31. The number of anilines is 1. The van der Waals surface area contributed by atoms with Crippen LogP contribution in [0.5, 0.6) is 0 Å². The van der Waals surface area contributed by atoms with Gasteiger partial charge in [0.25, 0.3) is 11.8 Å². The largest absolute Gasteiger partial charge is 0.355 e. The van der Waals surface area contributed by atoms with E-state index in [1.807, 2.05) is 0 Å². The quantitative estimate of drug-likeness (QED) is 0.741. The molecule has 0 unspecified atom stereocenters. The van der Waals surface area contributed by atoms with E-state index >= 15 is 0 Å². The summed E-state index contributed by atoms with van der Waals surface area (Å²) in [5.74, 6) is -1.02. The minimum Gasteiger partial charge on any atom is -0.355 e. The lowest BCUT2D eigenvalue weighted by Gasteiger charge is -2.08. The summed E-state index contributed by atoms with van der Waals surface area (Å²) in [5, 5.41) is 11.8. The fourth-order valence-electron chi connectivity index (χ4n) is 2.16. The number of nitrogens with zero attached hydrogens (tertiary/aromatic N) is 2. The van der Waals surface area contributed by atoms with Gasteiger partial charge in [0.05, 0.1) is 12.2 Å². The molecule has 0 bridgehead atoms. The van der Waals surface area contributed by atoms with Gasteiger partial charge >= 0.3 is 0 Å². The molecule has 126 valence electrons. The van der Waals surface area contributed by atoms with Crippen molar-refractivity contribution in [2.75, 3.05) is 18.9 Å². The molecule has 24 heavy (non-hydrogen) atoms. The lowest BCUT2D eigenvalue weighted by molar-refractivity contribution is -0.115. The van der Waals surface area contributed by atoms with Gasteiger partial charge < -0.3 is 16.0 Å². The molecule has 1 aromatic carbocycles. The van der Waals surface area contributed by atoms with Gasteiger partial charge in [-0.15, -0.1) is 0 Å². The lowest BCUT2D eigenvalue weighted by atomic mass is 10.2. The van der Waals surface area contributed by atoms with E-state index in [0.29, 0.717) is 16.9 Å². The minimum atomic E-state index is -0.392. The van der Waals surface area contributed by atoms with E-state index in [9.17, 15) is 14.4 Å². The van der Waals surface area contributed by atoms with E-state index in [2.05, 4.69) is 21.0 Å². The van der Waals surface area contributed by atoms with Crippen LogP contribution in [-0.2, 0) is 11.8 Å². The predicted molar refractivity (Wildman–Crippen MR) is 88.7 cm³/mol. The maximum absolute atomic E-state index is 12.0. The topological polar surface area (TPSA) is 105 Å². The van der Waals surface area contributed by atoms with E-state index in [4.69, 9.17) is 0 Å². The SMILES string of the molecule is CNC(=O)c1cccc(NC(=O)CNC(=O)c2cc(C)nn2C)c1. The molecule has 0 aliphatic heterocycles. The molecular formula is C16H19N5O3. The van der Waals surface area contributed by atoms with Crippen molar-refractivity contribution in [3.05, 3.63) is 47.3 Å². The first kappa shape index (κ1) is 17.2. The summed E-state index contributed by atoms with van der Waals surface area (Å²) < 4.78 is 1.45. The van der Waals surface area contributed by atoms with Crippen LogP contribution in [0.4, 0.5) is 5.69 Å². The third-order valence-electron chi connectivity index (χ3n) is 3.28. The molecule has 0 fully saturated rings. The van der Waals surface area contributed by atoms with Crippen molar-refractivity contribution in [1.82, 2.24) is 20.4 Å². The number of hydrogen-bond donors (Lipinski definition) is 3. The summed E-state index contributed by atoms with van der Waals surface area (Å²) in [7, 11) is 3.19. The Labute approximate surface area is 139 Å². The summed E-state index contributed by atoms with van der Waals surface area (Å²) in [6, 6.07) is 8.16. The van der Waals surface area contributed by atoms with Crippen LogP contribution in [0.15, 0.2) is 30.3 Å². The average Bonchev–Trinajstić information content (AvgIpc) is 2.90. The van der Waals surface area contributed by atoms with Crippen molar-refractivity contribution >= 4 is 23.4 Å². The van der Waals surface area contributed by atoms with Crippen molar-refractivity contribution < 1.29 is 14.4 Å². The van der Waals surface area contributed by atoms with Crippen LogP contribution < -0.4 is 16.0 Å². The van der Waals surface area contributed by atoms with Crippen molar-refractivity contribution in [3.8, 4) is 0 Å². The minimum absolute atomic E-state index is 0.187. The molecule has 2 aromatic rings. The van der Waals surface area contributed by atoms with Crippen molar-refractivity contribution in [2.45, 2.75) is 6.92 Å². The molecule has 0 spiro atoms. The summed E-state index contributed by atoms with van der Waals surface area (Å²) in [6.45, 7) is 1.59. The van der Waals surface area contributed by atoms with E-state index in [0.717, 1.165) is 5.69 Å². The molecule has 2 rings (SSSR count). The molecule has 8 heteroatoms. The van der Waals surface area contributed by atoms with Crippen LogP contribution in [0.3, 0.4) is 0 Å². The summed E-state index contributed by atoms with van der Waals surface area (Å²) in [4.78, 5) is 35.5. The number of nitrogens with one attached hydrogen (secondary N) is 3. The lowest BCUT2D eigenvalue weighted by Crippen LogP contribution is -2.33. The van der Waals surface area contributed by atoms with E-state index < -0.39 is 5.91 Å². The highest BCUT2D eigenvalue weighted by atomic mass is 16.2. The molecule has 3 N–H and O–H groups in total. The first-order valence-electron chi connectivity index (χ1n) is 7.31. The van der Waals surface area contributed by atoms with Gasteiger partial charge in [0, 0.05) is 25.3 Å². The van der Waals surface area contributed by atoms with Crippen LogP contribution >= 0.6 is 0 Å². The van der Waals surface area contributed by atoms with Gasteiger partial charge in [-0.1, -0.05) is 6.07 Å². The highest BCUT2D eigenvalue weighted by molar-refractivity contribution is 6.00. The zero-order chi connectivity index (χ0) is 17.7. The van der Waals surface area contributed by atoms with Crippen molar-refractivity contribution in [1.29, 1.82) is 0 Å². The molecule has 1 aromatic heterocycles. The van der Waals surface area contributed by atoms with Gasteiger partial charge in [-0.05, 0) is 31.2 Å². The zero-order valence-electron chi connectivity index (χ0n) is 13.7. The van der Waals surface area contributed by atoms with Crippen LogP contribution in [0.1, 0.15) is 26.5 Å². The molecule has 0 saturated carbocycles. The third-order valence-corrected chi connectivity index (χ3v) is 3.28. The Kier molecular flexibility index (Phi) is 5.31. The molecular weight excluding hydrogens is 310 g/mol. The fourth-order valence-corrected chi connectivity index (χ4v) is 2.16. The Morgan fingerprint density at radius 1 is 1.17 bits per heavy atom. The monoisotopic (exact) mass is 329 g/mol. The third kappa shape index (κ3) is 4.19. The number of aryl methyl sites for hydroxylation is 2. The van der Waals surface area contributed by atoms with E-state index in [1.54, 1.807) is 44.3 Å². The first-order chi connectivity index (χ1) is 11.4. The number of carbonyl (C=O) groups excluding carboxylic acids is 3. The molecule has 0 saturated heterocycles. The standard InChI is InChI=1S/C16H19N5O3/c1-10-7-13(21(3)20-10)16(24)18-9-14(22)19-12-6-4-5-11(8-12)15(23)17-2/h4-8H,9H2,1-3H3,(H,17,23)(H,18,24)(H,19,22). The average molecular weight is 329 g/mol. The molecule has 8 nitrogen and oxygen atoms in total. The van der Waals surface area contributed by atoms with Gasteiger partial charge in [-0.3, -0.25) is 19.1 Å². The summed E-state index contributed by atoms with van der Waals surface area (Å²) in [6.07, 6.45) is 0. The Morgan fingerprint density at radius 2 is 1.92 bits per heavy atom. The van der Waals surface area contributed by atoms with Gasteiger partial charge in [0.2, 0.25) is 5.91 Å². The van der Waals surface area contributed by atoms with Crippen molar-refractivity contribution in [2.24, 2.45) is 7.05 Å². The summed E-state index contributed by atoms with van der Waals surface area (Å²) in [5.41, 5.74) is 2.01. The van der Waals surface area contributed by atoms with Gasteiger partial charge in [-0.25, -0.2) is 0 Å². The Hall–Kier alpha value is -3.16. The second-order valence-electron chi connectivity index (χ2n) is 5.19. The van der Waals surface area contributed by atoms with E-state index in [1.165, 1.54) is 11.7 Å². The smallest absolute Gasteiger partial charge is 0.269 e. The Balaban J connectivity index is 1.93. The Morgan fingerprint density at radius 3 is 2.54 bits per heavy atom. The number of amides is 3. The molecule has 1 heterocycles. The highest BCUT2D eigenvalue weighted by Crippen LogP contribution is 2.10. The maximum atomic E-state index is 12.0. The number of carbonyl (C=O) groups is 3. The second-order valence-corrected chi connectivity index (χ2v) is 5.19. The summed E-state index contributed by atoms with van der Waals surface area (Å²) >= 11 is 0. The molecule has 0 aliphatic carbocycles. The number of benzene rings is 1. The normalized spacial score (nSPS) is 10.1. The molecule has 0 radical (unpaired) electrons. The predicted octanol–water partition coefficient (Wildman–Crippen LogP) is 0.457. The van der Waals surface area contributed by atoms with Crippen LogP contribution in [0.2, 0.25) is 0 Å². The molecule has 0 atom stereocenters.